The van der Waals surface area contributed by atoms with Crippen LogP contribution in [0.2, 0.25) is 0 Å². The maximum absolute atomic E-state index is 11.6. The first-order chi connectivity index (χ1) is 8.65. The van der Waals surface area contributed by atoms with Crippen LogP contribution in [0.25, 0.3) is 0 Å². The molecular weight excluding hydrogens is 246 g/mol. The third-order valence-electron chi connectivity index (χ3n) is 3.29. The first kappa shape index (κ1) is 13.7. The van der Waals surface area contributed by atoms with Crippen molar-refractivity contribution in [2.24, 2.45) is 5.92 Å². The molecule has 4 heteroatoms. The molecule has 1 fully saturated rings. The fourth-order valence-corrected chi connectivity index (χ4v) is 3.78. The molecule has 3 atom stereocenters. The SMILES string of the molecule is C[C@H]1CN(C[C@@H](O)c2ccccc2)CC[S@](=O)C1. The van der Waals surface area contributed by atoms with Crippen LogP contribution in [0.1, 0.15) is 18.6 Å². The average Bonchev–Trinajstić information content (AvgIpc) is 2.51. The van der Waals surface area contributed by atoms with Crippen LogP contribution in [0.4, 0.5) is 0 Å². The van der Waals surface area contributed by atoms with Gasteiger partial charge in [0.2, 0.25) is 0 Å². The van der Waals surface area contributed by atoms with Gasteiger partial charge < -0.3 is 5.11 Å². The minimum atomic E-state index is -0.691. The third-order valence-corrected chi connectivity index (χ3v) is 4.87. The summed E-state index contributed by atoms with van der Waals surface area (Å²) >= 11 is 0. The number of hydrogen-bond donors (Lipinski definition) is 1. The highest BCUT2D eigenvalue weighted by atomic mass is 32.2. The molecular formula is C14H21NO2S. The topological polar surface area (TPSA) is 40.5 Å². The molecule has 18 heavy (non-hydrogen) atoms. The Balaban J connectivity index is 1.94. The molecule has 0 radical (unpaired) electrons. The van der Waals surface area contributed by atoms with Gasteiger partial charge in [-0.3, -0.25) is 9.11 Å². The van der Waals surface area contributed by atoms with Gasteiger partial charge >= 0.3 is 0 Å². The van der Waals surface area contributed by atoms with E-state index in [1.165, 1.54) is 0 Å². The Labute approximate surface area is 111 Å². The molecule has 1 aliphatic heterocycles. The Morgan fingerprint density at radius 2 is 2.17 bits per heavy atom. The Hall–Kier alpha value is -0.710. The van der Waals surface area contributed by atoms with E-state index in [2.05, 4.69) is 11.8 Å². The molecule has 0 aromatic heterocycles. The van der Waals surface area contributed by atoms with Gasteiger partial charge in [-0.25, -0.2) is 0 Å². The number of rotatable bonds is 3. The monoisotopic (exact) mass is 267 g/mol. The smallest absolute Gasteiger partial charge is 0.0916 e. The lowest BCUT2D eigenvalue weighted by molar-refractivity contribution is 0.111. The molecule has 1 aromatic carbocycles. The van der Waals surface area contributed by atoms with Crippen molar-refractivity contribution < 1.29 is 9.32 Å². The zero-order valence-electron chi connectivity index (χ0n) is 10.8. The van der Waals surface area contributed by atoms with E-state index in [9.17, 15) is 9.32 Å². The summed E-state index contributed by atoms with van der Waals surface area (Å²) in [6, 6.07) is 9.73. The molecule has 1 aliphatic rings. The van der Waals surface area contributed by atoms with Gasteiger partial charge in [-0.05, 0) is 11.5 Å². The van der Waals surface area contributed by atoms with Gasteiger partial charge in [-0.1, -0.05) is 37.3 Å². The first-order valence-electron chi connectivity index (χ1n) is 6.45. The molecule has 0 amide bonds. The summed E-state index contributed by atoms with van der Waals surface area (Å²) in [4.78, 5) is 2.23. The van der Waals surface area contributed by atoms with Crippen molar-refractivity contribution in [1.82, 2.24) is 4.90 Å². The summed E-state index contributed by atoms with van der Waals surface area (Å²) in [7, 11) is -0.691. The zero-order chi connectivity index (χ0) is 13.0. The first-order valence-corrected chi connectivity index (χ1v) is 7.94. The predicted molar refractivity (Wildman–Crippen MR) is 74.9 cm³/mol. The highest BCUT2D eigenvalue weighted by Gasteiger charge is 2.21. The number of nitrogens with zero attached hydrogens (tertiary/aromatic N) is 1. The second-order valence-electron chi connectivity index (χ2n) is 5.10. The number of aliphatic hydroxyl groups excluding tert-OH is 1. The fraction of sp³-hybridized carbons (Fsp3) is 0.571. The normalized spacial score (nSPS) is 27.7. The van der Waals surface area contributed by atoms with Gasteiger partial charge in [0.15, 0.2) is 0 Å². The van der Waals surface area contributed by atoms with Gasteiger partial charge in [-0.2, -0.15) is 0 Å². The molecule has 2 rings (SSSR count). The summed E-state index contributed by atoms with van der Waals surface area (Å²) in [5.41, 5.74) is 0.954. The molecule has 3 nitrogen and oxygen atoms in total. The lowest BCUT2D eigenvalue weighted by atomic mass is 10.1. The van der Waals surface area contributed by atoms with E-state index in [0.717, 1.165) is 30.2 Å². The van der Waals surface area contributed by atoms with Crippen molar-refractivity contribution >= 4 is 10.8 Å². The van der Waals surface area contributed by atoms with E-state index in [1.807, 2.05) is 30.3 Å². The van der Waals surface area contributed by atoms with Crippen LogP contribution in [-0.4, -0.2) is 45.4 Å². The molecule has 0 bridgehead atoms. The molecule has 100 valence electrons. The van der Waals surface area contributed by atoms with Crippen molar-refractivity contribution in [2.75, 3.05) is 31.1 Å². The summed E-state index contributed by atoms with van der Waals surface area (Å²) in [5, 5.41) is 10.2. The molecule has 0 spiro atoms. The van der Waals surface area contributed by atoms with Crippen molar-refractivity contribution in [1.29, 1.82) is 0 Å². The van der Waals surface area contributed by atoms with Crippen LogP contribution in [0.5, 0.6) is 0 Å². The lowest BCUT2D eigenvalue weighted by Crippen LogP contribution is -2.33. The van der Waals surface area contributed by atoms with Crippen LogP contribution >= 0.6 is 0 Å². The third kappa shape index (κ3) is 3.90. The number of benzene rings is 1. The van der Waals surface area contributed by atoms with E-state index in [1.54, 1.807) is 0 Å². The Kier molecular flexibility index (Phi) is 4.92. The standard InChI is InChI=1S/C14H21NO2S/c1-12-9-15(7-8-18(17)11-12)10-14(16)13-5-3-2-4-6-13/h2-6,12,14,16H,7-11H2,1H3/t12-,14+,18-/m0/s1. The van der Waals surface area contributed by atoms with Crippen LogP contribution in [0.15, 0.2) is 30.3 Å². The van der Waals surface area contributed by atoms with Crippen molar-refractivity contribution in [2.45, 2.75) is 13.0 Å². The number of aliphatic hydroxyl groups is 1. The second-order valence-corrected chi connectivity index (χ2v) is 6.72. The average molecular weight is 267 g/mol. The maximum Gasteiger partial charge on any atom is 0.0916 e. The Bertz CT molecular complexity index is 396. The summed E-state index contributed by atoms with van der Waals surface area (Å²) in [5.74, 6) is 1.96. The quantitative estimate of drug-likeness (QED) is 0.900. The minimum absolute atomic E-state index is 0.441. The molecule has 0 saturated carbocycles. The Morgan fingerprint density at radius 1 is 1.44 bits per heavy atom. The van der Waals surface area contributed by atoms with Crippen LogP contribution in [0, 0.1) is 5.92 Å². The van der Waals surface area contributed by atoms with Crippen LogP contribution < -0.4 is 0 Å². The van der Waals surface area contributed by atoms with Gasteiger partial charge in [0.1, 0.15) is 0 Å². The zero-order valence-corrected chi connectivity index (χ0v) is 11.6. The summed E-state index contributed by atoms with van der Waals surface area (Å²) in [6.07, 6.45) is -0.454. The second kappa shape index (κ2) is 6.45. The van der Waals surface area contributed by atoms with E-state index in [4.69, 9.17) is 0 Å². The summed E-state index contributed by atoms with van der Waals surface area (Å²) in [6.45, 7) is 4.51. The maximum atomic E-state index is 11.6. The lowest BCUT2D eigenvalue weighted by Gasteiger charge is -2.24. The number of β-amino-alcohol motifs (C(OH)–C–C–N with tert-alkyl or cyclic N) is 1. The molecule has 1 saturated heterocycles. The molecule has 0 unspecified atom stereocenters. The number of hydrogen-bond acceptors (Lipinski definition) is 3. The van der Waals surface area contributed by atoms with Crippen LogP contribution in [-0.2, 0) is 10.8 Å². The van der Waals surface area contributed by atoms with Crippen molar-refractivity contribution in [3.8, 4) is 0 Å². The van der Waals surface area contributed by atoms with E-state index >= 15 is 0 Å². The minimum Gasteiger partial charge on any atom is -0.387 e. The van der Waals surface area contributed by atoms with E-state index in [-0.39, 0.29) is 0 Å². The van der Waals surface area contributed by atoms with Gasteiger partial charge in [-0.15, -0.1) is 0 Å². The van der Waals surface area contributed by atoms with Crippen molar-refractivity contribution in [3.63, 3.8) is 0 Å². The highest BCUT2D eigenvalue weighted by molar-refractivity contribution is 7.85. The molecule has 1 aromatic rings. The summed E-state index contributed by atoms with van der Waals surface area (Å²) < 4.78 is 11.6. The van der Waals surface area contributed by atoms with E-state index in [0.29, 0.717) is 12.5 Å². The molecule has 1 N–H and O–H groups in total. The molecule has 1 heterocycles. The highest BCUT2D eigenvalue weighted by Crippen LogP contribution is 2.16. The van der Waals surface area contributed by atoms with Crippen LogP contribution in [0.3, 0.4) is 0 Å². The molecule has 0 aliphatic carbocycles. The fourth-order valence-electron chi connectivity index (χ4n) is 2.41. The van der Waals surface area contributed by atoms with Gasteiger partial charge in [0, 0.05) is 41.9 Å². The van der Waals surface area contributed by atoms with E-state index < -0.39 is 16.9 Å². The Morgan fingerprint density at radius 3 is 2.89 bits per heavy atom. The van der Waals surface area contributed by atoms with Gasteiger partial charge in [0.05, 0.1) is 6.10 Å². The predicted octanol–water partition coefficient (Wildman–Crippen LogP) is 1.42. The van der Waals surface area contributed by atoms with Crippen molar-refractivity contribution in [3.05, 3.63) is 35.9 Å². The largest absolute Gasteiger partial charge is 0.387 e. The van der Waals surface area contributed by atoms with Gasteiger partial charge in [0.25, 0.3) is 0 Å².